The number of rotatable bonds is 2. The minimum atomic E-state index is 0.117. The lowest BCUT2D eigenvalue weighted by Gasteiger charge is -1.82. The number of aromatic nitrogens is 1. The molecule has 0 aliphatic carbocycles. The van der Waals surface area contributed by atoms with E-state index in [9.17, 15) is 4.91 Å². The molecule has 0 aliphatic rings. The molecule has 5 nitrogen and oxygen atoms in total. The van der Waals surface area contributed by atoms with Gasteiger partial charge in [0.15, 0.2) is 5.58 Å². The molecule has 12 heavy (non-hydrogen) atoms. The Morgan fingerprint density at radius 3 is 3.00 bits per heavy atom. The molecule has 0 saturated heterocycles. The summed E-state index contributed by atoms with van der Waals surface area (Å²) in [4.78, 5) is 13.7. The molecule has 0 aliphatic heterocycles. The Balaban J connectivity index is 2.54. The van der Waals surface area contributed by atoms with Crippen LogP contribution in [0.3, 0.4) is 0 Å². The maximum atomic E-state index is 9.79. The van der Waals surface area contributed by atoms with Crippen molar-refractivity contribution in [2.45, 2.75) is 0 Å². The minimum absolute atomic E-state index is 0.117. The second-order valence-corrected chi connectivity index (χ2v) is 2.19. The zero-order chi connectivity index (χ0) is 8.39. The predicted molar refractivity (Wildman–Crippen MR) is 43.4 cm³/mol. The third-order valence-corrected chi connectivity index (χ3v) is 1.44. The lowest BCUT2D eigenvalue weighted by molar-refractivity contribution is 0.616. The Kier molecular flexibility index (Phi) is 1.48. The summed E-state index contributed by atoms with van der Waals surface area (Å²) in [6.07, 6.45) is 0. The Morgan fingerprint density at radius 1 is 1.42 bits per heavy atom. The van der Waals surface area contributed by atoms with E-state index in [1.165, 1.54) is 0 Å². The second kappa shape index (κ2) is 2.61. The summed E-state index contributed by atoms with van der Waals surface area (Å²) in [5.41, 5.74) is 3.41. The van der Waals surface area contributed by atoms with Crippen molar-refractivity contribution >= 4 is 17.1 Å². The van der Waals surface area contributed by atoms with Gasteiger partial charge in [0.1, 0.15) is 5.52 Å². The van der Waals surface area contributed by atoms with Crippen molar-refractivity contribution in [2.24, 2.45) is 5.29 Å². The van der Waals surface area contributed by atoms with E-state index in [1.54, 1.807) is 12.1 Å². The van der Waals surface area contributed by atoms with Gasteiger partial charge in [0.05, 0.1) is 5.29 Å². The molecule has 1 aromatic heterocycles. The van der Waals surface area contributed by atoms with E-state index in [1.807, 2.05) is 12.1 Å². The normalized spacial score (nSPS) is 10.0. The molecule has 2 rings (SSSR count). The third kappa shape index (κ3) is 1.01. The maximum absolute atomic E-state index is 9.79. The van der Waals surface area contributed by atoms with Crippen LogP contribution in [0, 0.1) is 4.91 Å². The van der Waals surface area contributed by atoms with E-state index < -0.39 is 0 Å². The van der Waals surface area contributed by atoms with Gasteiger partial charge in [-0.3, -0.25) is 0 Å². The molecule has 1 aromatic carbocycles. The molecule has 0 spiro atoms. The average molecular weight is 163 g/mol. The number of anilines is 1. The van der Waals surface area contributed by atoms with Crippen molar-refractivity contribution in [1.82, 2.24) is 4.98 Å². The largest absolute Gasteiger partial charge is 0.422 e. The Morgan fingerprint density at radius 2 is 2.25 bits per heavy atom. The van der Waals surface area contributed by atoms with Crippen LogP contribution in [0.2, 0.25) is 0 Å². The second-order valence-electron chi connectivity index (χ2n) is 2.19. The van der Waals surface area contributed by atoms with Gasteiger partial charge in [-0.05, 0) is 12.1 Å². The number of fused-ring (bicyclic) bond motifs is 1. The highest BCUT2D eigenvalue weighted by atomic mass is 16.4. The number of hydrogen-bond acceptors (Lipinski definition) is 4. The fraction of sp³-hybridized carbons (Fsp3) is 0. The highest BCUT2D eigenvalue weighted by Crippen LogP contribution is 2.17. The molecule has 0 atom stereocenters. The maximum Gasteiger partial charge on any atom is 0.319 e. The highest BCUT2D eigenvalue weighted by molar-refractivity contribution is 5.73. The molecule has 2 aromatic rings. The third-order valence-electron chi connectivity index (χ3n) is 1.44. The van der Waals surface area contributed by atoms with E-state index >= 15 is 0 Å². The van der Waals surface area contributed by atoms with Crippen molar-refractivity contribution in [3.63, 3.8) is 0 Å². The van der Waals surface area contributed by atoms with Gasteiger partial charge in [0.25, 0.3) is 0 Å². The first-order valence-corrected chi connectivity index (χ1v) is 3.34. The van der Waals surface area contributed by atoms with Gasteiger partial charge in [-0.15, -0.1) is 4.91 Å². The van der Waals surface area contributed by atoms with Gasteiger partial charge in [-0.25, -0.2) is 0 Å². The number of benzene rings is 1. The number of hydrogen-bond donors (Lipinski definition) is 1. The van der Waals surface area contributed by atoms with Crippen LogP contribution in [0.4, 0.5) is 6.01 Å². The van der Waals surface area contributed by atoms with Gasteiger partial charge in [0.2, 0.25) is 0 Å². The standard InChI is InChI=1S/C7H5N3O2/c11-10-9-7-8-5-3-1-2-4-6(5)12-7/h1-4H,(H,8,9,11). The number of nitrogens with zero attached hydrogens (tertiary/aromatic N) is 2. The van der Waals surface area contributed by atoms with Crippen LogP contribution in [0.25, 0.3) is 11.1 Å². The predicted octanol–water partition coefficient (Wildman–Crippen LogP) is 1.92. The molecule has 1 heterocycles. The van der Waals surface area contributed by atoms with Crippen LogP contribution in [-0.4, -0.2) is 4.98 Å². The summed E-state index contributed by atoms with van der Waals surface area (Å²) >= 11 is 0. The fourth-order valence-corrected chi connectivity index (χ4v) is 0.959. The summed E-state index contributed by atoms with van der Waals surface area (Å²) in [6, 6.07) is 7.33. The molecule has 0 bridgehead atoms. The summed E-state index contributed by atoms with van der Waals surface area (Å²) < 4.78 is 5.09. The minimum Gasteiger partial charge on any atom is -0.422 e. The smallest absolute Gasteiger partial charge is 0.319 e. The average Bonchev–Trinajstić information content (AvgIpc) is 2.47. The first-order valence-electron chi connectivity index (χ1n) is 3.34. The number of para-hydroxylation sites is 2. The quantitative estimate of drug-likeness (QED) is 0.542. The molecule has 0 saturated carbocycles. The molecule has 5 heteroatoms. The zero-order valence-corrected chi connectivity index (χ0v) is 6.02. The topological polar surface area (TPSA) is 67.5 Å². The molecule has 60 valence electrons. The van der Waals surface area contributed by atoms with Crippen LogP contribution < -0.4 is 5.43 Å². The van der Waals surface area contributed by atoms with Gasteiger partial charge in [-0.2, -0.15) is 10.4 Å². The highest BCUT2D eigenvalue weighted by Gasteiger charge is 2.02. The summed E-state index contributed by atoms with van der Waals surface area (Å²) in [5.74, 6) is 0. The van der Waals surface area contributed by atoms with Crippen molar-refractivity contribution in [3.05, 3.63) is 29.2 Å². The van der Waals surface area contributed by atoms with Gasteiger partial charge < -0.3 is 4.42 Å². The molecule has 0 amide bonds. The van der Waals surface area contributed by atoms with Crippen LogP contribution in [0.5, 0.6) is 0 Å². The van der Waals surface area contributed by atoms with Crippen LogP contribution in [0.15, 0.2) is 34.0 Å². The van der Waals surface area contributed by atoms with Crippen LogP contribution >= 0.6 is 0 Å². The van der Waals surface area contributed by atoms with Crippen molar-refractivity contribution in [2.75, 3.05) is 5.43 Å². The molecule has 0 unspecified atom stereocenters. The van der Waals surface area contributed by atoms with Gasteiger partial charge in [-0.1, -0.05) is 12.1 Å². The van der Waals surface area contributed by atoms with E-state index in [-0.39, 0.29) is 6.01 Å². The number of oxazole rings is 1. The molecular weight excluding hydrogens is 158 g/mol. The monoisotopic (exact) mass is 163 g/mol. The summed E-state index contributed by atoms with van der Waals surface area (Å²) in [5, 5.41) is 2.44. The molecule has 1 N–H and O–H groups in total. The summed E-state index contributed by atoms with van der Waals surface area (Å²) in [6.45, 7) is 0. The Hall–Kier alpha value is -1.91. The van der Waals surface area contributed by atoms with E-state index in [0.717, 1.165) is 0 Å². The van der Waals surface area contributed by atoms with Crippen molar-refractivity contribution in [3.8, 4) is 0 Å². The lowest BCUT2D eigenvalue weighted by atomic mass is 10.3. The SMILES string of the molecule is O=NNc1nc2ccccc2o1. The lowest BCUT2D eigenvalue weighted by Crippen LogP contribution is -1.83. The zero-order valence-electron chi connectivity index (χ0n) is 6.02. The summed E-state index contributed by atoms with van der Waals surface area (Å²) in [7, 11) is 0. The molecule has 0 radical (unpaired) electrons. The van der Waals surface area contributed by atoms with E-state index in [4.69, 9.17) is 4.42 Å². The van der Waals surface area contributed by atoms with Crippen LogP contribution in [0.1, 0.15) is 0 Å². The first kappa shape index (κ1) is 6.78. The van der Waals surface area contributed by atoms with Gasteiger partial charge in [0, 0.05) is 0 Å². The first-order chi connectivity index (χ1) is 5.90. The fourth-order valence-electron chi connectivity index (χ4n) is 0.959. The molecule has 0 fully saturated rings. The Bertz CT molecular complexity index is 377. The van der Waals surface area contributed by atoms with Crippen LogP contribution in [-0.2, 0) is 0 Å². The number of nitrogens with one attached hydrogen (secondary N) is 1. The Labute approximate surface area is 67.3 Å². The number of nitroso groups, excluding NO2 is 1. The molecular formula is C7H5N3O2. The van der Waals surface area contributed by atoms with Gasteiger partial charge >= 0.3 is 6.01 Å². The van der Waals surface area contributed by atoms with Crippen molar-refractivity contribution < 1.29 is 4.42 Å². The van der Waals surface area contributed by atoms with E-state index in [2.05, 4.69) is 15.7 Å². The van der Waals surface area contributed by atoms with E-state index in [0.29, 0.717) is 11.1 Å². The van der Waals surface area contributed by atoms with Crippen molar-refractivity contribution in [1.29, 1.82) is 0 Å².